The van der Waals surface area contributed by atoms with Crippen LogP contribution in [0, 0.1) is 5.92 Å². The fraction of sp³-hybridized carbons (Fsp3) is 0.440. The number of hydrogen-bond acceptors (Lipinski definition) is 4. The molecule has 1 saturated carbocycles. The van der Waals surface area contributed by atoms with Crippen LogP contribution in [0.4, 0.5) is 5.69 Å². The predicted molar refractivity (Wildman–Crippen MR) is 121 cm³/mol. The van der Waals surface area contributed by atoms with Crippen molar-refractivity contribution in [2.24, 2.45) is 5.92 Å². The van der Waals surface area contributed by atoms with Crippen LogP contribution in [0.1, 0.15) is 44.2 Å². The molecule has 2 aromatic rings. The largest absolute Gasteiger partial charge is 0.492 e. The van der Waals surface area contributed by atoms with E-state index in [4.69, 9.17) is 4.74 Å². The average Bonchev–Trinajstić information content (AvgIpc) is 3.61. The summed E-state index contributed by atoms with van der Waals surface area (Å²) in [6, 6.07) is 17.3. The Bertz CT molecular complexity index is 890. The highest BCUT2D eigenvalue weighted by atomic mass is 16.5. The minimum atomic E-state index is -0.414. The van der Waals surface area contributed by atoms with Gasteiger partial charge >= 0.3 is 0 Å². The number of rotatable bonds is 8. The predicted octanol–water partition coefficient (Wildman–Crippen LogP) is 3.76. The van der Waals surface area contributed by atoms with E-state index in [0.717, 1.165) is 31.2 Å². The summed E-state index contributed by atoms with van der Waals surface area (Å²) in [6.45, 7) is 3.88. The van der Waals surface area contributed by atoms with Crippen molar-refractivity contribution in [1.29, 1.82) is 0 Å². The van der Waals surface area contributed by atoms with Crippen molar-refractivity contribution < 1.29 is 14.3 Å². The smallest absolute Gasteiger partial charge is 0.246 e. The van der Waals surface area contributed by atoms with E-state index < -0.39 is 6.04 Å². The van der Waals surface area contributed by atoms with Gasteiger partial charge in [-0.05, 0) is 63.4 Å². The third-order valence-electron chi connectivity index (χ3n) is 6.00. The summed E-state index contributed by atoms with van der Waals surface area (Å²) in [7, 11) is 0. The molecule has 2 fully saturated rings. The fourth-order valence-corrected chi connectivity index (χ4v) is 4.18. The van der Waals surface area contributed by atoms with E-state index in [1.54, 1.807) is 0 Å². The van der Waals surface area contributed by atoms with E-state index in [2.05, 4.69) is 15.5 Å². The molecule has 1 saturated heterocycles. The van der Waals surface area contributed by atoms with Crippen LogP contribution in [0.25, 0.3) is 0 Å². The summed E-state index contributed by atoms with van der Waals surface area (Å²) in [5, 5.41) is 6.20. The number of amides is 2. The second kappa shape index (κ2) is 9.96. The van der Waals surface area contributed by atoms with Crippen LogP contribution in [0.5, 0.6) is 5.75 Å². The highest BCUT2D eigenvalue weighted by molar-refractivity contribution is 5.96. The van der Waals surface area contributed by atoms with Crippen LogP contribution in [0.3, 0.4) is 0 Å². The first-order valence-corrected chi connectivity index (χ1v) is 11.3. The summed E-state index contributed by atoms with van der Waals surface area (Å²) in [6.07, 6.45) is 3.74. The lowest BCUT2D eigenvalue weighted by molar-refractivity contribution is -0.127. The van der Waals surface area contributed by atoms with E-state index in [0.29, 0.717) is 37.2 Å². The molecule has 2 aliphatic rings. The number of para-hydroxylation sites is 2. The SMILES string of the molecule is CCOc1ccccc1NC(=O)C(c1ccccc1)N1CCC(C(=O)NC2CC2)CC1. The van der Waals surface area contributed by atoms with E-state index in [1.807, 2.05) is 61.5 Å². The van der Waals surface area contributed by atoms with Gasteiger partial charge < -0.3 is 15.4 Å². The van der Waals surface area contributed by atoms with Crippen molar-refractivity contribution >= 4 is 17.5 Å². The number of likely N-dealkylation sites (tertiary alicyclic amines) is 1. The van der Waals surface area contributed by atoms with Crippen molar-refractivity contribution in [2.45, 2.75) is 44.7 Å². The summed E-state index contributed by atoms with van der Waals surface area (Å²) in [4.78, 5) is 28.1. The van der Waals surface area contributed by atoms with Gasteiger partial charge in [0.2, 0.25) is 11.8 Å². The molecule has 0 spiro atoms. The van der Waals surface area contributed by atoms with Gasteiger partial charge in [0.05, 0.1) is 12.3 Å². The van der Waals surface area contributed by atoms with Crippen LogP contribution in [0.15, 0.2) is 54.6 Å². The molecule has 31 heavy (non-hydrogen) atoms. The Morgan fingerprint density at radius 2 is 1.68 bits per heavy atom. The summed E-state index contributed by atoms with van der Waals surface area (Å²) >= 11 is 0. The van der Waals surface area contributed by atoms with Crippen LogP contribution in [-0.2, 0) is 9.59 Å². The molecule has 2 N–H and O–H groups in total. The van der Waals surface area contributed by atoms with Gasteiger partial charge in [-0.1, -0.05) is 42.5 Å². The molecule has 1 atom stereocenters. The second-order valence-corrected chi connectivity index (χ2v) is 8.32. The second-order valence-electron chi connectivity index (χ2n) is 8.32. The zero-order valence-electron chi connectivity index (χ0n) is 18.0. The quantitative estimate of drug-likeness (QED) is 0.681. The lowest BCUT2D eigenvalue weighted by Crippen LogP contribution is -2.45. The average molecular weight is 422 g/mol. The lowest BCUT2D eigenvalue weighted by atomic mass is 9.93. The molecule has 0 bridgehead atoms. The van der Waals surface area contributed by atoms with Crippen LogP contribution in [0.2, 0.25) is 0 Å². The normalized spacial score (nSPS) is 18.2. The maximum absolute atomic E-state index is 13.5. The standard InChI is InChI=1S/C25H31N3O3/c1-2-31-22-11-7-6-10-21(22)27-25(30)23(18-8-4-3-5-9-18)28-16-14-19(15-17-28)24(29)26-20-12-13-20/h3-11,19-20,23H,2,12-17H2,1H3,(H,26,29)(H,27,30). The fourth-order valence-electron chi connectivity index (χ4n) is 4.18. The zero-order valence-corrected chi connectivity index (χ0v) is 18.0. The maximum Gasteiger partial charge on any atom is 0.246 e. The molecule has 6 nitrogen and oxygen atoms in total. The molecule has 164 valence electrons. The number of anilines is 1. The monoisotopic (exact) mass is 421 g/mol. The molecule has 1 aliphatic carbocycles. The van der Waals surface area contributed by atoms with Gasteiger partial charge in [-0.15, -0.1) is 0 Å². The van der Waals surface area contributed by atoms with E-state index >= 15 is 0 Å². The molecular formula is C25H31N3O3. The zero-order chi connectivity index (χ0) is 21.6. The highest BCUT2D eigenvalue weighted by Crippen LogP contribution is 2.31. The molecule has 1 heterocycles. The number of ether oxygens (including phenoxy) is 1. The molecule has 4 rings (SSSR count). The van der Waals surface area contributed by atoms with Gasteiger partial charge in [0.1, 0.15) is 11.8 Å². The molecular weight excluding hydrogens is 390 g/mol. The minimum absolute atomic E-state index is 0.0371. The van der Waals surface area contributed by atoms with Crippen LogP contribution in [-0.4, -0.2) is 42.5 Å². The lowest BCUT2D eigenvalue weighted by Gasteiger charge is -2.36. The number of piperidine rings is 1. The maximum atomic E-state index is 13.5. The molecule has 2 aromatic carbocycles. The number of hydrogen-bond donors (Lipinski definition) is 2. The highest BCUT2D eigenvalue weighted by Gasteiger charge is 2.34. The first-order valence-electron chi connectivity index (χ1n) is 11.3. The van der Waals surface area contributed by atoms with E-state index in [1.165, 1.54) is 0 Å². The number of carbonyl (C=O) groups excluding carboxylic acids is 2. The molecule has 0 aromatic heterocycles. The van der Waals surface area contributed by atoms with Crippen molar-refractivity contribution in [3.8, 4) is 5.75 Å². The molecule has 1 aliphatic heterocycles. The third-order valence-corrected chi connectivity index (χ3v) is 6.00. The van der Waals surface area contributed by atoms with Crippen molar-refractivity contribution in [2.75, 3.05) is 25.0 Å². The summed E-state index contributed by atoms with van der Waals surface area (Å²) in [5.74, 6) is 0.795. The van der Waals surface area contributed by atoms with Gasteiger partial charge in [0, 0.05) is 12.0 Å². The summed E-state index contributed by atoms with van der Waals surface area (Å²) < 4.78 is 5.67. The summed E-state index contributed by atoms with van der Waals surface area (Å²) in [5.41, 5.74) is 1.63. The van der Waals surface area contributed by atoms with Crippen molar-refractivity contribution in [3.63, 3.8) is 0 Å². The Kier molecular flexibility index (Phi) is 6.87. The topological polar surface area (TPSA) is 70.7 Å². The Hall–Kier alpha value is -2.86. The Balaban J connectivity index is 1.48. The van der Waals surface area contributed by atoms with Gasteiger partial charge in [0.15, 0.2) is 0 Å². The van der Waals surface area contributed by atoms with Crippen molar-refractivity contribution in [3.05, 3.63) is 60.2 Å². The van der Waals surface area contributed by atoms with Gasteiger partial charge in [-0.3, -0.25) is 14.5 Å². The van der Waals surface area contributed by atoms with Crippen LogP contribution < -0.4 is 15.4 Å². The van der Waals surface area contributed by atoms with Crippen molar-refractivity contribution in [1.82, 2.24) is 10.2 Å². The number of nitrogens with one attached hydrogen (secondary N) is 2. The first kappa shape index (κ1) is 21.4. The number of nitrogens with zero attached hydrogens (tertiary/aromatic N) is 1. The number of carbonyl (C=O) groups is 2. The molecule has 1 unspecified atom stereocenters. The minimum Gasteiger partial charge on any atom is -0.492 e. The van der Waals surface area contributed by atoms with Crippen LogP contribution >= 0.6 is 0 Å². The third kappa shape index (κ3) is 5.44. The Morgan fingerprint density at radius 1 is 1.00 bits per heavy atom. The van der Waals surface area contributed by atoms with Gasteiger partial charge in [0.25, 0.3) is 0 Å². The van der Waals surface area contributed by atoms with E-state index in [9.17, 15) is 9.59 Å². The van der Waals surface area contributed by atoms with Gasteiger partial charge in [-0.25, -0.2) is 0 Å². The first-order chi connectivity index (χ1) is 15.2. The Labute approximate surface area is 184 Å². The molecule has 0 radical (unpaired) electrons. The van der Waals surface area contributed by atoms with E-state index in [-0.39, 0.29) is 17.7 Å². The Morgan fingerprint density at radius 3 is 2.35 bits per heavy atom. The number of benzene rings is 2. The molecule has 2 amide bonds. The molecule has 6 heteroatoms. The van der Waals surface area contributed by atoms with Gasteiger partial charge in [-0.2, -0.15) is 0 Å².